The summed E-state index contributed by atoms with van der Waals surface area (Å²) in [7, 11) is 0. The van der Waals surface area contributed by atoms with Crippen molar-refractivity contribution in [3.05, 3.63) is 0 Å². The standard InChI is InChI=1S/C23H35NO/c1-22-11-8-17(25)13-16(22)4-5-18-20(22)9-12-23-10-2-3-15(14-24)19(23)6-7-21(18)23/h15-21,25H,2-13H2,1H3/t15-,16+,17-,18-,19-,20+,21+,22+,23?/m1/s1. The van der Waals surface area contributed by atoms with E-state index in [4.69, 9.17) is 0 Å². The first-order chi connectivity index (χ1) is 12.1. The normalized spacial score (nSPS) is 57.6. The SMILES string of the molecule is C[C@]12CC[C@@H](O)C[C@@H]1CC[C@H]1[C@@H]3CC[C@@H]4[C@@H](C#N)CCCC43CC[C@@H]12. The summed E-state index contributed by atoms with van der Waals surface area (Å²) < 4.78 is 0. The zero-order valence-electron chi connectivity index (χ0n) is 15.9. The second kappa shape index (κ2) is 5.72. The highest BCUT2D eigenvalue weighted by molar-refractivity contribution is 5.14. The van der Waals surface area contributed by atoms with Gasteiger partial charge in [-0.15, -0.1) is 0 Å². The molecule has 1 N–H and O–H groups in total. The van der Waals surface area contributed by atoms with Crippen molar-refractivity contribution >= 4 is 0 Å². The van der Waals surface area contributed by atoms with Gasteiger partial charge in [-0.1, -0.05) is 13.3 Å². The van der Waals surface area contributed by atoms with Gasteiger partial charge < -0.3 is 5.11 Å². The molecule has 138 valence electrons. The molecule has 9 atom stereocenters. The summed E-state index contributed by atoms with van der Waals surface area (Å²) in [6, 6.07) is 2.71. The highest BCUT2D eigenvalue weighted by Crippen LogP contribution is 2.70. The summed E-state index contributed by atoms with van der Waals surface area (Å²) in [6.07, 6.45) is 15.5. The highest BCUT2D eigenvalue weighted by atomic mass is 16.3. The van der Waals surface area contributed by atoms with Gasteiger partial charge in [0.1, 0.15) is 0 Å². The topological polar surface area (TPSA) is 44.0 Å². The fourth-order valence-corrected chi connectivity index (χ4v) is 9.19. The Labute approximate surface area is 153 Å². The fourth-order valence-electron chi connectivity index (χ4n) is 9.19. The van der Waals surface area contributed by atoms with Crippen LogP contribution in [0.4, 0.5) is 0 Å². The number of nitriles is 1. The van der Waals surface area contributed by atoms with Crippen LogP contribution >= 0.6 is 0 Å². The molecule has 2 nitrogen and oxygen atoms in total. The van der Waals surface area contributed by atoms with Crippen LogP contribution in [0.5, 0.6) is 0 Å². The van der Waals surface area contributed by atoms with E-state index >= 15 is 0 Å². The van der Waals surface area contributed by atoms with Crippen molar-refractivity contribution in [2.24, 2.45) is 46.3 Å². The van der Waals surface area contributed by atoms with Crippen molar-refractivity contribution in [1.82, 2.24) is 0 Å². The van der Waals surface area contributed by atoms with E-state index in [0.29, 0.717) is 16.7 Å². The Hall–Kier alpha value is -0.550. The molecule has 5 aliphatic rings. The molecule has 0 aliphatic heterocycles. The van der Waals surface area contributed by atoms with Gasteiger partial charge in [-0.05, 0) is 111 Å². The van der Waals surface area contributed by atoms with E-state index in [1.54, 1.807) is 0 Å². The molecule has 5 saturated carbocycles. The number of nitrogens with zero attached hydrogens (tertiary/aromatic N) is 1. The predicted octanol–water partition coefficient (Wildman–Crippen LogP) is 5.31. The van der Waals surface area contributed by atoms with Gasteiger partial charge >= 0.3 is 0 Å². The lowest BCUT2D eigenvalue weighted by Gasteiger charge is -2.62. The molecule has 0 aromatic carbocycles. The monoisotopic (exact) mass is 341 g/mol. The first kappa shape index (κ1) is 16.6. The number of fused-ring (bicyclic) bond motifs is 4. The zero-order valence-corrected chi connectivity index (χ0v) is 15.9. The summed E-state index contributed by atoms with van der Waals surface area (Å²) >= 11 is 0. The second-order valence-electron chi connectivity index (χ2n) is 10.7. The molecule has 0 amide bonds. The fraction of sp³-hybridized carbons (Fsp3) is 0.957. The molecule has 1 spiro atoms. The Kier molecular flexibility index (Phi) is 3.80. The van der Waals surface area contributed by atoms with Crippen LogP contribution in [0, 0.1) is 57.7 Å². The number of aliphatic hydroxyl groups excluding tert-OH is 1. The van der Waals surface area contributed by atoms with Crippen molar-refractivity contribution in [3.63, 3.8) is 0 Å². The molecular formula is C23H35NO. The molecule has 0 heterocycles. The Bertz CT molecular complexity index is 581. The third-order valence-electron chi connectivity index (χ3n) is 10.2. The molecule has 0 radical (unpaired) electrons. The lowest BCUT2D eigenvalue weighted by atomic mass is 9.43. The largest absolute Gasteiger partial charge is 0.393 e. The Morgan fingerprint density at radius 2 is 1.72 bits per heavy atom. The third kappa shape index (κ3) is 2.17. The molecule has 25 heavy (non-hydrogen) atoms. The summed E-state index contributed by atoms with van der Waals surface area (Å²) in [6.45, 7) is 2.59. The minimum atomic E-state index is -0.0323. The van der Waals surface area contributed by atoms with Gasteiger partial charge in [-0.2, -0.15) is 5.26 Å². The lowest BCUT2D eigenvalue weighted by Crippen LogP contribution is -2.55. The second-order valence-corrected chi connectivity index (χ2v) is 10.7. The first-order valence-electron chi connectivity index (χ1n) is 11.2. The molecule has 0 aromatic rings. The highest BCUT2D eigenvalue weighted by Gasteiger charge is 2.63. The van der Waals surface area contributed by atoms with E-state index in [1.165, 1.54) is 64.2 Å². The number of aliphatic hydroxyl groups is 1. The molecule has 0 bridgehead atoms. The van der Waals surface area contributed by atoms with Crippen LogP contribution in [-0.2, 0) is 0 Å². The average molecular weight is 342 g/mol. The van der Waals surface area contributed by atoms with Gasteiger partial charge in [0.2, 0.25) is 0 Å². The summed E-state index contributed by atoms with van der Waals surface area (Å²) in [5.41, 5.74) is 1.03. The maximum Gasteiger partial charge on any atom is 0.0658 e. The Balaban J connectivity index is 1.45. The average Bonchev–Trinajstić information content (AvgIpc) is 3.02. The molecule has 1 unspecified atom stereocenters. The van der Waals surface area contributed by atoms with Crippen LogP contribution in [0.25, 0.3) is 0 Å². The van der Waals surface area contributed by atoms with Crippen molar-refractivity contribution in [2.75, 3.05) is 0 Å². The van der Waals surface area contributed by atoms with Gasteiger partial charge in [0.15, 0.2) is 0 Å². The van der Waals surface area contributed by atoms with E-state index < -0.39 is 0 Å². The minimum Gasteiger partial charge on any atom is -0.393 e. The number of hydrogen-bond donors (Lipinski definition) is 1. The van der Waals surface area contributed by atoms with Crippen LogP contribution < -0.4 is 0 Å². The molecule has 5 fully saturated rings. The van der Waals surface area contributed by atoms with E-state index in [0.717, 1.165) is 42.4 Å². The summed E-state index contributed by atoms with van der Waals surface area (Å²) in [5.74, 6) is 4.57. The van der Waals surface area contributed by atoms with Crippen LogP contribution in [0.3, 0.4) is 0 Å². The van der Waals surface area contributed by atoms with Crippen LogP contribution in [0.2, 0.25) is 0 Å². The predicted molar refractivity (Wildman–Crippen MR) is 98.5 cm³/mol. The van der Waals surface area contributed by atoms with Crippen molar-refractivity contribution < 1.29 is 5.11 Å². The quantitative estimate of drug-likeness (QED) is 0.649. The van der Waals surface area contributed by atoms with Gasteiger partial charge in [0.05, 0.1) is 12.2 Å². The van der Waals surface area contributed by atoms with E-state index in [-0.39, 0.29) is 6.10 Å². The van der Waals surface area contributed by atoms with Crippen LogP contribution in [0.15, 0.2) is 0 Å². The van der Waals surface area contributed by atoms with Crippen LogP contribution in [-0.4, -0.2) is 11.2 Å². The lowest BCUT2D eigenvalue weighted by molar-refractivity contribution is -0.138. The van der Waals surface area contributed by atoms with Gasteiger partial charge in [-0.3, -0.25) is 0 Å². The maximum atomic E-state index is 10.2. The van der Waals surface area contributed by atoms with Gasteiger partial charge in [0.25, 0.3) is 0 Å². The molecule has 0 aromatic heterocycles. The van der Waals surface area contributed by atoms with Crippen molar-refractivity contribution in [1.29, 1.82) is 5.26 Å². The molecule has 5 aliphatic carbocycles. The third-order valence-corrected chi connectivity index (χ3v) is 10.2. The van der Waals surface area contributed by atoms with Gasteiger partial charge in [-0.25, -0.2) is 0 Å². The van der Waals surface area contributed by atoms with Gasteiger partial charge in [0, 0.05) is 5.92 Å². The maximum absolute atomic E-state index is 10.2. The van der Waals surface area contributed by atoms with Crippen molar-refractivity contribution in [2.45, 2.75) is 90.1 Å². The van der Waals surface area contributed by atoms with E-state index in [1.807, 2.05) is 0 Å². The molecule has 5 rings (SSSR count). The number of hydrogen-bond acceptors (Lipinski definition) is 2. The van der Waals surface area contributed by atoms with Crippen LogP contribution in [0.1, 0.15) is 84.0 Å². The molecular weight excluding hydrogens is 306 g/mol. The number of rotatable bonds is 0. The smallest absolute Gasteiger partial charge is 0.0658 e. The van der Waals surface area contributed by atoms with Crippen molar-refractivity contribution in [3.8, 4) is 6.07 Å². The first-order valence-corrected chi connectivity index (χ1v) is 11.2. The molecule has 2 heteroatoms. The van der Waals surface area contributed by atoms with E-state index in [2.05, 4.69) is 13.0 Å². The summed E-state index contributed by atoms with van der Waals surface area (Å²) in [5, 5.41) is 19.9. The Morgan fingerprint density at radius 1 is 0.880 bits per heavy atom. The van der Waals surface area contributed by atoms with E-state index in [9.17, 15) is 10.4 Å². The summed E-state index contributed by atoms with van der Waals surface area (Å²) in [4.78, 5) is 0. The minimum absolute atomic E-state index is 0.0323. The Morgan fingerprint density at radius 3 is 2.56 bits per heavy atom. The zero-order chi connectivity index (χ0) is 17.2. The molecule has 0 saturated heterocycles.